The summed E-state index contributed by atoms with van der Waals surface area (Å²) >= 11 is 1.85. The summed E-state index contributed by atoms with van der Waals surface area (Å²) in [4.78, 5) is 16.6. The second kappa shape index (κ2) is 18.0. The maximum absolute atomic E-state index is 13.0. The largest absolute Gasteiger partial charge is 0.493 e. The molecule has 1 aliphatic heterocycles. The van der Waals surface area contributed by atoms with Gasteiger partial charge < -0.3 is 15.0 Å². The third-order valence-corrected chi connectivity index (χ3v) is 8.09. The SMILES string of the molecule is CCCCCCCCCCCCCCOc1ccccc1CC(=O)Nc1ccccc1CN1C=C(C)SC1. The highest BCUT2D eigenvalue weighted by Gasteiger charge is 2.14. The lowest BCUT2D eigenvalue weighted by atomic mass is 10.1. The Morgan fingerprint density at radius 3 is 2.11 bits per heavy atom. The number of carbonyl (C=O) groups excluding carboxylic acids is 1. The van der Waals surface area contributed by atoms with Gasteiger partial charge in [-0.25, -0.2) is 0 Å². The molecule has 208 valence electrons. The summed E-state index contributed by atoms with van der Waals surface area (Å²) < 4.78 is 6.11. The fraction of sp³-hybridized carbons (Fsp3) is 0.545. The van der Waals surface area contributed by atoms with Crippen LogP contribution in [0, 0.1) is 0 Å². The van der Waals surface area contributed by atoms with E-state index in [9.17, 15) is 4.79 Å². The number of anilines is 1. The molecule has 0 aromatic heterocycles. The summed E-state index contributed by atoms with van der Waals surface area (Å²) in [6.45, 7) is 5.91. The van der Waals surface area contributed by atoms with Crippen molar-refractivity contribution in [3.8, 4) is 5.75 Å². The van der Waals surface area contributed by atoms with Crippen LogP contribution in [0.15, 0.2) is 59.6 Å². The number of allylic oxidation sites excluding steroid dienone is 1. The van der Waals surface area contributed by atoms with Crippen LogP contribution in [0.3, 0.4) is 0 Å². The first-order chi connectivity index (χ1) is 18.7. The molecule has 0 unspecified atom stereocenters. The van der Waals surface area contributed by atoms with E-state index < -0.39 is 0 Å². The maximum Gasteiger partial charge on any atom is 0.228 e. The van der Waals surface area contributed by atoms with E-state index in [2.05, 4.69) is 36.3 Å². The Morgan fingerprint density at radius 1 is 0.842 bits per heavy atom. The molecule has 2 aromatic rings. The standard InChI is InChI=1S/C33H48N2O2S/c1-3-4-5-6-7-8-9-10-11-12-13-18-23-37-32-22-17-15-19-29(32)24-33(36)34-31-21-16-14-20-30(31)26-35-25-28(2)38-27-35/h14-17,19-22,25H,3-13,18,23-24,26-27H2,1-2H3,(H,34,36). The zero-order valence-corrected chi connectivity index (χ0v) is 24.5. The molecule has 1 heterocycles. The second-order valence-electron chi connectivity index (χ2n) is 10.5. The van der Waals surface area contributed by atoms with Gasteiger partial charge >= 0.3 is 0 Å². The lowest BCUT2D eigenvalue weighted by Crippen LogP contribution is -2.18. The first-order valence-corrected chi connectivity index (χ1v) is 15.8. The molecule has 3 rings (SSSR count). The average Bonchev–Trinajstić information content (AvgIpc) is 3.33. The van der Waals surface area contributed by atoms with E-state index in [1.165, 1.54) is 75.5 Å². The van der Waals surface area contributed by atoms with Crippen molar-refractivity contribution < 1.29 is 9.53 Å². The minimum Gasteiger partial charge on any atom is -0.493 e. The van der Waals surface area contributed by atoms with Crippen LogP contribution in [0.5, 0.6) is 5.75 Å². The van der Waals surface area contributed by atoms with Crippen LogP contribution >= 0.6 is 11.8 Å². The smallest absolute Gasteiger partial charge is 0.228 e. The topological polar surface area (TPSA) is 41.6 Å². The molecule has 0 spiro atoms. The van der Waals surface area contributed by atoms with Crippen molar-refractivity contribution in [1.29, 1.82) is 0 Å². The summed E-state index contributed by atoms with van der Waals surface area (Å²) in [5.41, 5.74) is 2.95. The van der Waals surface area contributed by atoms with Crippen molar-refractivity contribution in [3.05, 3.63) is 70.8 Å². The first kappa shape index (κ1) is 30.1. The highest BCUT2D eigenvalue weighted by Crippen LogP contribution is 2.28. The van der Waals surface area contributed by atoms with Crippen molar-refractivity contribution in [2.75, 3.05) is 17.8 Å². The van der Waals surface area contributed by atoms with Gasteiger partial charge in [0.15, 0.2) is 0 Å². The summed E-state index contributed by atoms with van der Waals surface area (Å²) in [5, 5.41) is 3.14. The van der Waals surface area contributed by atoms with Gasteiger partial charge in [-0.15, -0.1) is 11.8 Å². The Morgan fingerprint density at radius 2 is 1.45 bits per heavy atom. The Hall–Kier alpha value is -2.40. The molecular formula is C33H48N2O2S. The number of para-hydroxylation sites is 2. The first-order valence-electron chi connectivity index (χ1n) is 14.8. The minimum absolute atomic E-state index is 0.0126. The molecule has 0 fully saturated rings. The molecule has 4 nitrogen and oxygen atoms in total. The molecule has 0 saturated heterocycles. The van der Waals surface area contributed by atoms with E-state index in [-0.39, 0.29) is 5.91 Å². The van der Waals surface area contributed by atoms with E-state index in [1.807, 2.05) is 54.2 Å². The quantitative estimate of drug-likeness (QED) is 0.182. The van der Waals surface area contributed by atoms with Crippen molar-refractivity contribution in [3.63, 3.8) is 0 Å². The molecule has 0 radical (unpaired) electrons. The van der Waals surface area contributed by atoms with Gasteiger partial charge in [0.05, 0.1) is 18.9 Å². The molecule has 1 amide bonds. The third kappa shape index (κ3) is 11.6. The van der Waals surface area contributed by atoms with E-state index in [0.717, 1.165) is 41.4 Å². The Kier molecular flexibility index (Phi) is 14.3. The van der Waals surface area contributed by atoms with Crippen LogP contribution in [0.2, 0.25) is 0 Å². The fourth-order valence-electron chi connectivity index (χ4n) is 4.89. The average molecular weight is 537 g/mol. The number of unbranched alkanes of at least 4 members (excludes halogenated alkanes) is 11. The van der Waals surface area contributed by atoms with E-state index in [4.69, 9.17) is 4.74 Å². The van der Waals surface area contributed by atoms with Crippen molar-refractivity contribution in [1.82, 2.24) is 4.90 Å². The molecule has 0 bridgehead atoms. The maximum atomic E-state index is 13.0. The van der Waals surface area contributed by atoms with Crippen LogP contribution in [0.25, 0.3) is 0 Å². The van der Waals surface area contributed by atoms with E-state index in [0.29, 0.717) is 13.0 Å². The summed E-state index contributed by atoms with van der Waals surface area (Å²) in [6, 6.07) is 16.0. The van der Waals surface area contributed by atoms with Crippen molar-refractivity contribution in [2.45, 2.75) is 104 Å². The highest BCUT2D eigenvalue weighted by atomic mass is 32.2. The zero-order chi connectivity index (χ0) is 26.8. The molecule has 1 aliphatic rings. The van der Waals surface area contributed by atoms with Gasteiger partial charge in [-0.3, -0.25) is 4.79 Å². The summed E-state index contributed by atoms with van der Waals surface area (Å²) in [5.74, 6) is 1.77. The number of amides is 1. The Labute approximate surface area is 235 Å². The van der Waals surface area contributed by atoms with Crippen LogP contribution in [-0.4, -0.2) is 23.3 Å². The van der Waals surface area contributed by atoms with E-state index >= 15 is 0 Å². The third-order valence-electron chi connectivity index (χ3n) is 7.07. The molecule has 0 saturated carbocycles. The molecule has 0 atom stereocenters. The molecule has 5 heteroatoms. The molecule has 1 N–H and O–H groups in total. The minimum atomic E-state index is -0.0126. The van der Waals surface area contributed by atoms with Gasteiger partial charge in [0, 0.05) is 24.0 Å². The number of nitrogens with zero attached hydrogens (tertiary/aromatic N) is 1. The highest BCUT2D eigenvalue weighted by molar-refractivity contribution is 8.03. The normalized spacial score (nSPS) is 13.0. The zero-order valence-electron chi connectivity index (χ0n) is 23.7. The number of rotatable bonds is 19. The van der Waals surface area contributed by atoms with Crippen LogP contribution in [0.1, 0.15) is 102 Å². The molecule has 38 heavy (non-hydrogen) atoms. The number of nitrogens with one attached hydrogen (secondary N) is 1. The van der Waals surface area contributed by atoms with Crippen molar-refractivity contribution in [2.24, 2.45) is 0 Å². The second-order valence-corrected chi connectivity index (χ2v) is 11.7. The van der Waals surface area contributed by atoms with Gasteiger partial charge in [0.1, 0.15) is 5.75 Å². The van der Waals surface area contributed by atoms with Gasteiger partial charge in [-0.1, -0.05) is 114 Å². The fourth-order valence-corrected chi connectivity index (χ4v) is 5.65. The molecule has 2 aromatic carbocycles. The number of benzene rings is 2. The number of thioether (sulfide) groups is 1. The summed E-state index contributed by atoms with van der Waals surface area (Å²) in [6.07, 6.45) is 18.5. The number of hydrogen-bond acceptors (Lipinski definition) is 4. The molecular weight excluding hydrogens is 488 g/mol. The molecule has 0 aliphatic carbocycles. The Balaban J connectivity index is 1.34. The van der Waals surface area contributed by atoms with Gasteiger partial charge in [-0.05, 0) is 35.9 Å². The lowest BCUT2D eigenvalue weighted by Gasteiger charge is -2.18. The van der Waals surface area contributed by atoms with Gasteiger partial charge in [0.2, 0.25) is 5.91 Å². The predicted octanol–water partition coefficient (Wildman–Crippen LogP) is 9.32. The Bertz CT molecular complexity index is 990. The van der Waals surface area contributed by atoms with Gasteiger partial charge in [-0.2, -0.15) is 0 Å². The number of ether oxygens (including phenoxy) is 1. The predicted molar refractivity (Wildman–Crippen MR) is 164 cm³/mol. The lowest BCUT2D eigenvalue weighted by molar-refractivity contribution is -0.115. The summed E-state index contributed by atoms with van der Waals surface area (Å²) in [7, 11) is 0. The van der Waals surface area contributed by atoms with Crippen LogP contribution in [0.4, 0.5) is 5.69 Å². The number of carbonyl (C=O) groups is 1. The number of hydrogen-bond donors (Lipinski definition) is 1. The monoisotopic (exact) mass is 536 g/mol. The van der Waals surface area contributed by atoms with Crippen LogP contribution in [-0.2, 0) is 17.8 Å². The van der Waals surface area contributed by atoms with E-state index in [1.54, 1.807) is 0 Å². The van der Waals surface area contributed by atoms with Gasteiger partial charge in [0.25, 0.3) is 0 Å². The van der Waals surface area contributed by atoms with Crippen molar-refractivity contribution >= 4 is 23.4 Å². The van der Waals surface area contributed by atoms with Crippen LogP contribution < -0.4 is 10.1 Å².